The highest BCUT2D eigenvalue weighted by Gasteiger charge is 2.25. The molecule has 1 atom stereocenters. The Morgan fingerprint density at radius 3 is 2.43 bits per heavy atom. The number of nitriles is 1. The third-order valence-corrected chi connectivity index (χ3v) is 2.46. The van der Waals surface area contributed by atoms with Crippen molar-refractivity contribution in [1.82, 2.24) is 10.2 Å². The predicted octanol–water partition coefficient (Wildman–Crippen LogP) is 1.61. The van der Waals surface area contributed by atoms with E-state index in [1.54, 1.807) is 0 Å². The Morgan fingerprint density at radius 1 is 1.50 bits per heavy atom. The standard InChI is InChI=1S/C11H23N3/c1-6-7-13-11(4,8-12)9-14(5)10(2)3/h10,13H,6-7,9H2,1-5H3. The lowest BCUT2D eigenvalue weighted by Gasteiger charge is -2.31. The summed E-state index contributed by atoms with van der Waals surface area (Å²) in [6, 6.07) is 2.82. The molecule has 3 nitrogen and oxygen atoms in total. The Hall–Kier alpha value is -0.590. The molecule has 0 radical (unpaired) electrons. The van der Waals surface area contributed by atoms with Gasteiger partial charge in [0.15, 0.2) is 0 Å². The first kappa shape index (κ1) is 13.4. The molecule has 0 saturated heterocycles. The van der Waals surface area contributed by atoms with Crippen molar-refractivity contribution in [2.24, 2.45) is 0 Å². The number of rotatable bonds is 6. The van der Waals surface area contributed by atoms with E-state index in [1.165, 1.54) is 0 Å². The fourth-order valence-electron chi connectivity index (χ4n) is 1.21. The van der Waals surface area contributed by atoms with Gasteiger partial charge in [-0.15, -0.1) is 0 Å². The van der Waals surface area contributed by atoms with Crippen LogP contribution >= 0.6 is 0 Å². The molecular weight excluding hydrogens is 174 g/mol. The molecular formula is C11H23N3. The van der Waals surface area contributed by atoms with Crippen molar-refractivity contribution in [2.75, 3.05) is 20.1 Å². The van der Waals surface area contributed by atoms with E-state index >= 15 is 0 Å². The van der Waals surface area contributed by atoms with Gasteiger partial charge in [-0.25, -0.2) is 0 Å². The monoisotopic (exact) mass is 197 g/mol. The van der Waals surface area contributed by atoms with Gasteiger partial charge in [0.2, 0.25) is 0 Å². The number of nitrogens with zero attached hydrogens (tertiary/aromatic N) is 2. The molecule has 0 bridgehead atoms. The summed E-state index contributed by atoms with van der Waals surface area (Å²) >= 11 is 0. The van der Waals surface area contributed by atoms with Crippen molar-refractivity contribution >= 4 is 0 Å². The minimum absolute atomic E-state index is 0.422. The molecule has 0 rings (SSSR count). The molecule has 0 fully saturated rings. The molecule has 0 spiro atoms. The van der Waals surface area contributed by atoms with E-state index in [9.17, 15) is 0 Å². The maximum absolute atomic E-state index is 9.10. The molecule has 0 aliphatic heterocycles. The fraction of sp³-hybridized carbons (Fsp3) is 0.909. The quantitative estimate of drug-likeness (QED) is 0.703. The maximum atomic E-state index is 9.10. The minimum Gasteiger partial charge on any atom is -0.301 e. The van der Waals surface area contributed by atoms with Crippen molar-refractivity contribution in [2.45, 2.75) is 45.7 Å². The van der Waals surface area contributed by atoms with Crippen molar-refractivity contribution in [1.29, 1.82) is 5.26 Å². The summed E-state index contributed by atoms with van der Waals surface area (Å²) in [6.07, 6.45) is 1.06. The normalized spacial score (nSPS) is 15.6. The van der Waals surface area contributed by atoms with Crippen LogP contribution in [0.5, 0.6) is 0 Å². The molecule has 0 saturated carbocycles. The minimum atomic E-state index is -0.422. The first-order valence-electron chi connectivity index (χ1n) is 5.31. The molecule has 0 aromatic carbocycles. The van der Waals surface area contributed by atoms with E-state index in [0.717, 1.165) is 19.5 Å². The summed E-state index contributed by atoms with van der Waals surface area (Å²) in [5.74, 6) is 0. The van der Waals surface area contributed by atoms with Crippen LogP contribution in [0, 0.1) is 11.3 Å². The van der Waals surface area contributed by atoms with Crippen LogP contribution in [-0.2, 0) is 0 Å². The van der Waals surface area contributed by atoms with E-state index in [1.807, 2.05) is 14.0 Å². The summed E-state index contributed by atoms with van der Waals surface area (Å²) in [5, 5.41) is 12.4. The van der Waals surface area contributed by atoms with E-state index < -0.39 is 5.54 Å². The zero-order valence-corrected chi connectivity index (χ0v) is 10.1. The molecule has 0 aliphatic carbocycles. The van der Waals surface area contributed by atoms with Crippen LogP contribution in [0.3, 0.4) is 0 Å². The molecule has 82 valence electrons. The highest BCUT2D eigenvalue weighted by atomic mass is 15.2. The van der Waals surface area contributed by atoms with Crippen LogP contribution in [0.4, 0.5) is 0 Å². The Morgan fingerprint density at radius 2 is 2.07 bits per heavy atom. The molecule has 0 aromatic rings. The average Bonchev–Trinajstić information content (AvgIpc) is 2.14. The van der Waals surface area contributed by atoms with Crippen LogP contribution in [0.25, 0.3) is 0 Å². The summed E-state index contributed by atoms with van der Waals surface area (Å²) in [4.78, 5) is 2.19. The lowest BCUT2D eigenvalue weighted by atomic mass is 10.0. The lowest BCUT2D eigenvalue weighted by molar-refractivity contribution is 0.219. The predicted molar refractivity (Wildman–Crippen MR) is 60.1 cm³/mol. The van der Waals surface area contributed by atoms with Crippen molar-refractivity contribution in [3.05, 3.63) is 0 Å². The molecule has 3 heteroatoms. The largest absolute Gasteiger partial charge is 0.301 e. The highest BCUT2D eigenvalue weighted by Crippen LogP contribution is 2.06. The third-order valence-electron chi connectivity index (χ3n) is 2.46. The lowest BCUT2D eigenvalue weighted by Crippen LogP contribution is -2.51. The number of hydrogen-bond donors (Lipinski definition) is 1. The van der Waals surface area contributed by atoms with Gasteiger partial charge in [0.25, 0.3) is 0 Å². The van der Waals surface area contributed by atoms with Gasteiger partial charge in [-0.2, -0.15) is 5.26 Å². The van der Waals surface area contributed by atoms with E-state index in [4.69, 9.17) is 5.26 Å². The van der Waals surface area contributed by atoms with Crippen LogP contribution in [0.2, 0.25) is 0 Å². The van der Waals surface area contributed by atoms with Crippen LogP contribution < -0.4 is 5.32 Å². The number of nitrogens with one attached hydrogen (secondary N) is 1. The molecule has 0 aliphatic rings. The Kier molecular flexibility index (Phi) is 5.75. The average molecular weight is 197 g/mol. The summed E-state index contributed by atoms with van der Waals surface area (Å²) in [5.41, 5.74) is -0.422. The van der Waals surface area contributed by atoms with E-state index in [0.29, 0.717) is 6.04 Å². The van der Waals surface area contributed by atoms with Crippen molar-refractivity contribution < 1.29 is 0 Å². The molecule has 14 heavy (non-hydrogen) atoms. The Bertz CT molecular complexity index is 195. The van der Waals surface area contributed by atoms with Crippen LogP contribution in [0.15, 0.2) is 0 Å². The summed E-state index contributed by atoms with van der Waals surface area (Å²) < 4.78 is 0. The van der Waals surface area contributed by atoms with Crippen molar-refractivity contribution in [3.63, 3.8) is 0 Å². The van der Waals surface area contributed by atoms with Gasteiger partial charge >= 0.3 is 0 Å². The first-order valence-corrected chi connectivity index (χ1v) is 5.31. The molecule has 1 N–H and O–H groups in total. The maximum Gasteiger partial charge on any atom is 0.116 e. The van der Waals surface area contributed by atoms with Gasteiger partial charge in [-0.3, -0.25) is 5.32 Å². The van der Waals surface area contributed by atoms with Crippen LogP contribution in [0.1, 0.15) is 34.1 Å². The summed E-state index contributed by atoms with van der Waals surface area (Å²) in [7, 11) is 2.05. The number of likely N-dealkylation sites (N-methyl/N-ethyl adjacent to an activating group) is 1. The zero-order chi connectivity index (χ0) is 11.2. The molecule has 1 unspecified atom stereocenters. The van der Waals surface area contributed by atoms with Crippen LogP contribution in [-0.4, -0.2) is 36.6 Å². The SMILES string of the molecule is CCCNC(C)(C#N)CN(C)C(C)C. The Balaban J connectivity index is 4.19. The Labute approximate surface area is 88.1 Å². The van der Waals surface area contributed by atoms with Gasteiger partial charge < -0.3 is 4.90 Å². The first-order chi connectivity index (χ1) is 6.45. The fourth-order valence-corrected chi connectivity index (χ4v) is 1.21. The zero-order valence-electron chi connectivity index (χ0n) is 10.1. The molecule has 0 amide bonds. The highest BCUT2D eigenvalue weighted by molar-refractivity contribution is 5.05. The van der Waals surface area contributed by atoms with E-state index in [2.05, 4.69) is 37.1 Å². The van der Waals surface area contributed by atoms with Gasteiger partial charge in [-0.1, -0.05) is 6.92 Å². The smallest absolute Gasteiger partial charge is 0.116 e. The van der Waals surface area contributed by atoms with Gasteiger partial charge in [-0.05, 0) is 40.8 Å². The molecule has 0 aromatic heterocycles. The second-order valence-corrected chi connectivity index (χ2v) is 4.38. The summed E-state index contributed by atoms with van der Waals surface area (Å²) in [6.45, 7) is 10.0. The second kappa shape index (κ2) is 6.00. The molecule has 0 heterocycles. The van der Waals surface area contributed by atoms with Crippen molar-refractivity contribution in [3.8, 4) is 6.07 Å². The number of hydrogen-bond acceptors (Lipinski definition) is 3. The second-order valence-electron chi connectivity index (χ2n) is 4.38. The van der Waals surface area contributed by atoms with E-state index in [-0.39, 0.29) is 0 Å². The van der Waals surface area contributed by atoms with Gasteiger partial charge in [0, 0.05) is 12.6 Å². The van der Waals surface area contributed by atoms with Gasteiger partial charge in [0.1, 0.15) is 5.54 Å². The third kappa shape index (κ3) is 4.59. The topological polar surface area (TPSA) is 39.1 Å². The van der Waals surface area contributed by atoms with Gasteiger partial charge in [0.05, 0.1) is 6.07 Å².